The first-order chi connectivity index (χ1) is 7.31. The molecule has 84 valence electrons. The van der Waals surface area contributed by atoms with Gasteiger partial charge < -0.3 is 9.47 Å². The van der Waals surface area contributed by atoms with Gasteiger partial charge in [-0.3, -0.25) is 0 Å². The van der Waals surface area contributed by atoms with Crippen molar-refractivity contribution in [2.75, 3.05) is 13.7 Å². The van der Waals surface area contributed by atoms with E-state index in [4.69, 9.17) is 9.47 Å². The van der Waals surface area contributed by atoms with Crippen LogP contribution < -0.4 is 9.47 Å². The molecule has 4 heteroatoms. The van der Waals surface area contributed by atoms with Gasteiger partial charge in [-0.05, 0) is 24.6 Å². The first-order valence-electron chi connectivity index (χ1n) is 4.94. The molecule has 0 fully saturated rings. The van der Waals surface area contributed by atoms with Gasteiger partial charge in [-0.2, -0.15) is 0 Å². The lowest BCUT2D eigenvalue weighted by Gasteiger charge is -2.11. The van der Waals surface area contributed by atoms with Crippen LogP contribution in [0.1, 0.15) is 19.8 Å². The van der Waals surface area contributed by atoms with Gasteiger partial charge in [0.2, 0.25) is 0 Å². The summed E-state index contributed by atoms with van der Waals surface area (Å²) in [6.45, 7) is 2.87. The summed E-state index contributed by atoms with van der Waals surface area (Å²) in [5.41, 5.74) is 0. The van der Waals surface area contributed by atoms with Gasteiger partial charge in [0.15, 0.2) is 11.5 Å². The molecule has 0 aromatic heterocycles. The van der Waals surface area contributed by atoms with Gasteiger partial charge in [-0.15, -0.1) is 11.7 Å². The Balaban J connectivity index is 2.72. The molecule has 15 heavy (non-hydrogen) atoms. The maximum atomic E-state index is 5.64. The summed E-state index contributed by atoms with van der Waals surface area (Å²) in [6.07, 6.45) is 2.19. The summed E-state index contributed by atoms with van der Waals surface area (Å²) in [6, 6.07) is 5.81. The monoisotopic (exact) mass is 244 g/mol. The molecule has 0 aliphatic carbocycles. The van der Waals surface area contributed by atoms with Crippen molar-refractivity contribution in [1.82, 2.24) is 0 Å². The van der Waals surface area contributed by atoms with Crippen LogP contribution in [0.3, 0.4) is 0 Å². The fourth-order valence-corrected chi connectivity index (χ4v) is 1.78. The maximum Gasteiger partial charge on any atom is 0.162 e. The van der Waals surface area contributed by atoms with Gasteiger partial charge >= 0.3 is 0 Å². The highest BCUT2D eigenvalue weighted by molar-refractivity contribution is 8.68. The van der Waals surface area contributed by atoms with Gasteiger partial charge in [-0.25, -0.2) is 0 Å². The molecule has 0 saturated carbocycles. The van der Waals surface area contributed by atoms with Crippen LogP contribution in [0.15, 0.2) is 23.1 Å². The van der Waals surface area contributed by atoms with Crippen molar-refractivity contribution in [3.05, 3.63) is 18.2 Å². The number of hydrogen-bond donors (Lipinski definition) is 1. The number of unbranched alkanes of at least 4 members (excludes halogenated alkanes) is 1. The van der Waals surface area contributed by atoms with Crippen molar-refractivity contribution in [2.24, 2.45) is 0 Å². The molecule has 2 nitrogen and oxygen atoms in total. The SMILES string of the molecule is CCCCOc1cc(SS)ccc1OC. The molecule has 0 aliphatic heterocycles. The summed E-state index contributed by atoms with van der Waals surface area (Å²) < 4.78 is 10.9. The van der Waals surface area contributed by atoms with Crippen LogP contribution in [0, 0.1) is 0 Å². The molecule has 1 aromatic carbocycles. The third-order valence-electron chi connectivity index (χ3n) is 2.00. The van der Waals surface area contributed by atoms with Crippen LogP contribution in [-0.4, -0.2) is 13.7 Å². The lowest BCUT2D eigenvalue weighted by atomic mass is 10.3. The summed E-state index contributed by atoms with van der Waals surface area (Å²) >= 11 is 4.15. The molecule has 0 aliphatic rings. The van der Waals surface area contributed by atoms with E-state index in [1.54, 1.807) is 7.11 Å². The van der Waals surface area contributed by atoms with Crippen molar-refractivity contribution in [3.8, 4) is 11.5 Å². The number of benzene rings is 1. The minimum absolute atomic E-state index is 0.730. The molecule has 1 aromatic rings. The molecule has 1 rings (SSSR count). The Bertz CT molecular complexity index is 303. The van der Waals surface area contributed by atoms with Gasteiger partial charge in [0.1, 0.15) is 0 Å². The van der Waals surface area contributed by atoms with Crippen LogP contribution >= 0.6 is 22.5 Å². The summed E-state index contributed by atoms with van der Waals surface area (Å²) in [5.74, 6) is 1.57. The van der Waals surface area contributed by atoms with Crippen molar-refractivity contribution >= 4 is 22.5 Å². The van der Waals surface area contributed by atoms with E-state index in [2.05, 4.69) is 18.6 Å². The highest BCUT2D eigenvalue weighted by Crippen LogP contribution is 2.33. The molecule has 0 spiro atoms. The van der Waals surface area contributed by atoms with E-state index in [1.165, 1.54) is 10.8 Å². The third kappa shape index (κ3) is 3.87. The highest BCUT2D eigenvalue weighted by atomic mass is 33.1. The van der Waals surface area contributed by atoms with Crippen LogP contribution in [0.4, 0.5) is 0 Å². The van der Waals surface area contributed by atoms with Crippen LogP contribution in [0.5, 0.6) is 11.5 Å². The maximum absolute atomic E-state index is 5.64. The van der Waals surface area contributed by atoms with Crippen molar-refractivity contribution < 1.29 is 9.47 Å². The average molecular weight is 244 g/mol. The summed E-state index contributed by atoms with van der Waals surface area (Å²) in [7, 11) is 3.05. The molecular weight excluding hydrogens is 228 g/mol. The lowest BCUT2D eigenvalue weighted by molar-refractivity contribution is 0.287. The van der Waals surface area contributed by atoms with E-state index in [-0.39, 0.29) is 0 Å². The van der Waals surface area contributed by atoms with Crippen molar-refractivity contribution in [2.45, 2.75) is 24.7 Å². The van der Waals surface area contributed by atoms with E-state index in [1.807, 2.05) is 18.2 Å². The van der Waals surface area contributed by atoms with Gasteiger partial charge in [0.05, 0.1) is 13.7 Å². The summed E-state index contributed by atoms with van der Waals surface area (Å²) in [5, 5.41) is 0. The first-order valence-corrected chi connectivity index (χ1v) is 6.81. The minimum atomic E-state index is 0.730. The highest BCUT2D eigenvalue weighted by Gasteiger charge is 2.05. The van der Waals surface area contributed by atoms with E-state index in [0.717, 1.165) is 35.8 Å². The topological polar surface area (TPSA) is 18.5 Å². The predicted octanol–water partition coefficient (Wildman–Crippen LogP) is 3.81. The Morgan fingerprint density at radius 1 is 1.33 bits per heavy atom. The van der Waals surface area contributed by atoms with Crippen molar-refractivity contribution in [3.63, 3.8) is 0 Å². The Labute approximate surface area is 100 Å². The summed E-state index contributed by atoms with van der Waals surface area (Å²) in [4.78, 5) is 1.06. The molecule has 0 bridgehead atoms. The molecular formula is C11H16O2S2. The number of methoxy groups -OCH3 is 1. The zero-order valence-electron chi connectivity index (χ0n) is 9.03. The van der Waals surface area contributed by atoms with Crippen LogP contribution in [0.2, 0.25) is 0 Å². The second-order valence-electron chi connectivity index (χ2n) is 3.11. The number of thiol groups is 1. The fraction of sp³-hybridized carbons (Fsp3) is 0.455. The molecule has 0 unspecified atom stereocenters. The molecule has 0 heterocycles. The minimum Gasteiger partial charge on any atom is -0.493 e. The lowest BCUT2D eigenvalue weighted by Crippen LogP contribution is -1.98. The Morgan fingerprint density at radius 3 is 2.73 bits per heavy atom. The molecule has 0 amide bonds. The van der Waals surface area contributed by atoms with Gasteiger partial charge in [0, 0.05) is 4.90 Å². The van der Waals surface area contributed by atoms with E-state index >= 15 is 0 Å². The Hall–Kier alpha value is -0.480. The van der Waals surface area contributed by atoms with Crippen LogP contribution in [-0.2, 0) is 0 Å². The standard InChI is InChI=1S/C11H16O2S2/c1-3-4-7-13-11-8-9(15-14)5-6-10(11)12-2/h5-6,8,14H,3-4,7H2,1-2H3. The number of ether oxygens (including phenoxy) is 2. The van der Waals surface area contributed by atoms with Gasteiger partial charge in [-0.1, -0.05) is 24.1 Å². The second kappa shape index (κ2) is 6.90. The fourth-order valence-electron chi connectivity index (χ4n) is 1.15. The van der Waals surface area contributed by atoms with Crippen LogP contribution in [0.25, 0.3) is 0 Å². The predicted molar refractivity (Wildman–Crippen MR) is 68.2 cm³/mol. The molecule has 0 N–H and O–H groups in total. The van der Waals surface area contributed by atoms with Gasteiger partial charge in [0.25, 0.3) is 0 Å². The van der Waals surface area contributed by atoms with Crippen molar-refractivity contribution in [1.29, 1.82) is 0 Å². The Morgan fingerprint density at radius 2 is 2.13 bits per heavy atom. The molecule has 0 atom stereocenters. The number of hydrogen-bond acceptors (Lipinski definition) is 4. The second-order valence-corrected chi connectivity index (χ2v) is 4.31. The van der Waals surface area contributed by atoms with E-state index in [9.17, 15) is 0 Å². The number of rotatable bonds is 6. The smallest absolute Gasteiger partial charge is 0.162 e. The zero-order valence-corrected chi connectivity index (χ0v) is 10.7. The first kappa shape index (κ1) is 12.6. The quantitative estimate of drug-likeness (QED) is 0.466. The van der Waals surface area contributed by atoms with E-state index < -0.39 is 0 Å². The average Bonchev–Trinajstić information content (AvgIpc) is 2.29. The Kier molecular flexibility index (Phi) is 5.79. The normalized spacial score (nSPS) is 10.1. The largest absolute Gasteiger partial charge is 0.493 e. The van der Waals surface area contributed by atoms with E-state index in [0.29, 0.717) is 0 Å². The third-order valence-corrected chi connectivity index (χ3v) is 3.09. The molecule has 0 radical (unpaired) electrons. The molecule has 0 saturated heterocycles. The zero-order chi connectivity index (χ0) is 11.1.